The molecule has 1 fully saturated rings. The highest BCUT2D eigenvalue weighted by Gasteiger charge is 2.19. The molecule has 19 heavy (non-hydrogen) atoms. The number of benzene rings is 1. The molecule has 1 heterocycles. The third-order valence-electron chi connectivity index (χ3n) is 4.08. The Hall–Kier alpha value is -1.06. The van der Waals surface area contributed by atoms with E-state index in [0.717, 1.165) is 24.9 Å². The van der Waals surface area contributed by atoms with Crippen LogP contribution in [0.4, 0.5) is 0 Å². The van der Waals surface area contributed by atoms with Crippen LogP contribution < -0.4 is 10.1 Å². The summed E-state index contributed by atoms with van der Waals surface area (Å²) >= 11 is 0. The van der Waals surface area contributed by atoms with Crippen molar-refractivity contribution in [1.29, 1.82) is 0 Å². The van der Waals surface area contributed by atoms with Gasteiger partial charge in [0.1, 0.15) is 5.75 Å². The highest BCUT2D eigenvalue weighted by atomic mass is 16.5. The van der Waals surface area contributed by atoms with Crippen molar-refractivity contribution in [3.63, 3.8) is 0 Å². The monoisotopic (exact) mass is 263 g/mol. The van der Waals surface area contributed by atoms with Crippen LogP contribution in [-0.2, 0) is 4.74 Å². The van der Waals surface area contributed by atoms with Gasteiger partial charge in [-0.3, -0.25) is 0 Å². The SMILES string of the molecule is CNC(CC1CCOCC1)c1ccc(OC)c(C)c1. The molecule has 1 aromatic rings. The summed E-state index contributed by atoms with van der Waals surface area (Å²) in [4.78, 5) is 0. The number of hydrogen-bond acceptors (Lipinski definition) is 3. The Morgan fingerprint density at radius 2 is 2.11 bits per heavy atom. The third kappa shape index (κ3) is 3.71. The second kappa shape index (κ2) is 6.92. The first kappa shape index (κ1) is 14.4. The normalized spacial score (nSPS) is 18.3. The largest absolute Gasteiger partial charge is 0.496 e. The first-order valence-corrected chi connectivity index (χ1v) is 7.14. The van der Waals surface area contributed by atoms with Crippen LogP contribution >= 0.6 is 0 Å². The molecular weight excluding hydrogens is 238 g/mol. The molecule has 1 aliphatic heterocycles. The lowest BCUT2D eigenvalue weighted by atomic mass is 9.89. The van der Waals surface area contributed by atoms with Crippen LogP contribution in [0.2, 0.25) is 0 Å². The van der Waals surface area contributed by atoms with Crippen molar-refractivity contribution in [3.8, 4) is 5.75 Å². The molecule has 0 spiro atoms. The van der Waals surface area contributed by atoms with E-state index in [1.165, 1.54) is 30.4 Å². The van der Waals surface area contributed by atoms with Gasteiger partial charge in [-0.25, -0.2) is 0 Å². The Morgan fingerprint density at radius 3 is 2.68 bits per heavy atom. The number of ether oxygens (including phenoxy) is 2. The molecule has 1 N–H and O–H groups in total. The molecule has 0 radical (unpaired) electrons. The van der Waals surface area contributed by atoms with Gasteiger partial charge in [-0.15, -0.1) is 0 Å². The zero-order valence-electron chi connectivity index (χ0n) is 12.2. The summed E-state index contributed by atoms with van der Waals surface area (Å²) in [6.07, 6.45) is 3.56. The van der Waals surface area contributed by atoms with Gasteiger partial charge in [0.15, 0.2) is 0 Å². The van der Waals surface area contributed by atoms with Crippen LogP contribution in [0.1, 0.15) is 36.4 Å². The molecular formula is C16H25NO2. The molecule has 1 aliphatic rings. The minimum absolute atomic E-state index is 0.424. The van der Waals surface area contributed by atoms with Crippen LogP contribution in [0.3, 0.4) is 0 Å². The first-order valence-electron chi connectivity index (χ1n) is 7.14. The molecule has 1 unspecified atom stereocenters. The Bertz CT molecular complexity index is 400. The van der Waals surface area contributed by atoms with Crippen LogP contribution in [0, 0.1) is 12.8 Å². The fourth-order valence-electron chi connectivity index (χ4n) is 2.85. The predicted octanol–water partition coefficient (Wildman–Crippen LogP) is 3.08. The summed E-state index contributed by atoms with van der Waals surface area (Å²) in [5.41, 5.74) is 2.56. The van der Waals surface area contributed by atoms with E-state index < -0.39 is 0 Å². The summed E-state index contributed by atoms with van der Waals surface area (Å²) < 4.78 is 10.8. The Balaban J connectivity index is 2.05. The number of aryl methyl sites for hydroxylation is 1. The van der Waals surface area contributed by atoms with E-state index in [0.29, 0.717) is 6.04 Å². The highest BCUT2D eigenvalue weighted by Crippen LogP contribution is 2.29. The summed E-state index contributed by atoms with van der Waals surface area (Å²) in [7, 11) is 3.77. The van der Waals surface area contributed by atoms with Gasteiger partial charge in [0.2, 0.25) is 0 Å². The highest BCUT2D eigenvalue weighted by molar-refractivity contribution is 5.37. The summed E-state index contributed by atoms with van der Waals surface area (Å²) in [5, 5.41) is 3.45. The number of rotatable bonds is 5. The molecule has 0 aliphatic carbocycles. The van der Waals surface area contributed by atoms with Crippen LogP contribution in [0.15, 0.2) is 18.2 Å². The Kier molecular flexibility index (Phi) is 5.23. The zero-order valence-corrected chi connectivity index (χ0v) is 12.2. The van der Waals surface area contributed by atoms with Crippen molar-refractivity contribution in [2.45, 2.75) is 32.2 Å². The zero-order chi connectivity index (χ0) is 13.7. The lowest BCUT2D eigenvalue weighted by Crippen LogP contribution is -2.24. The summed E-state index contributed by atoms with van der Waals surface area (Å²) in [5.74, 6) is 1.73. The van der Waals surface area contributed by atoms with Crippen LogP contribution in [0.5, 0.6) is 5.75 Å². The summed E-state index contributed by atoms with van der Waals surface area (Å²) in [6, 6.07) is 6.90. The van der Waals surface area contributed by atoms with Gasteiger partial charge in [-0.1, -0.05) is 12.1 Å². The Morgan fingerprint density at radius 1 is 1.37 bits per heavy atom. The maximum Gasteiger partial charge on any atom is 0.121 e. The quantitative estimate of drug-likeness (QED) is 0.885. The molecule has 0 saturated carbocycles. The minimum atomic E-state index is 0.424. The molecule has 0 bridgehead atoms. The first-order chi connectivity index (χ1) is 9.24. The predicted molar refractivity (Wildman–Crippen MR) is 77.7 cm³/mol. The molecule has 0 amide bonds. The maximum atomic E-state index is 5.43. The second-order valence-electron chi connectivity index (χ2n) is 5.36. The number of methoxy groups -OCH3 is 1. The van der Waals surface area contributed by atoms with E-state index in [1.54, 1.807) is 7.11 Å². The standard InChI is InChI=1S/C16H25NO2/c1-12-10-14(4-5-16(12)18-3)15(17-2)11-13-6-8-19-9-7-13/h4-5,10,13,15,17H,6-9,11H2,1-3H3. The van der Waals surface area contributed by atoms with E-state index in [1.807, 2.05) is 7.05 Å². The van der Waals surface area contributed by atoms with Gasteiger partial charge in [-0.2, -0.15) is 0 Å². The molecule has 2 rings (SSSR count). The van der Waals surface area contributed by atoms with Gasteiger partial charge < -0.3 is 14.8 Å². The van der Waals surface area contributed by atoms with Crippen molar-refractivity contribution in [2.75, 3.05) is 27.4 Å². The molecule has 1 atom stereocenters. The average molecular weight is 263 g/mol. The summed E-state index contributed by atoms with van der Waals surface area (Å²) in [6.45, 7) is 3.94. The molecule has 0 aromatic heterocycles. The number of hydrogen-bond donors (Lipinski definition) is 1. The van der Waals surface area contributed by atoms with Crippen LogP contribution in [-0.4, -0.2) is 27.4 Å². The van der Waals surface area contributed by atoms with E-state index in [2.05, 4.69) is 30.4 Å². The second-order valence-corrected chi connectivity index (χ2v) is 5.36. The van der Waals surface area contributed by atoms with Crippen molar-refractivity contribution in [2.24, 2.45) is 5.92 Å². The van der Waals surface area contributed by atoms with Gasteiger partial charge in [0.05, 0.1) is 7.11 Å². The lowest BCUT2D eigenvalue weighted by Gasteiger charge is -2.27. The van der Waals surface area contributed by atoms with E-state index in [9.17, 15) is 0 Å². The lowest BCUT2D eigenvalue weighted by molar-refractivity contribution is 0.0608. The van der Waals surface area contributed by atoms with Gasteiger partial charge in [-0.05, 0) is 56.3 Å². The molecule has 3 heteroatoms. The van der Waals surface area contributed by atoms with Gasteiger partial charge in [0.25, 0.3) is 0 Å². The van der Waals surface area contributed by atoms with Crippen molar-refractivity contribution >= 4 is 0 Å². The van der Waals surface area contributed by atoms with Gasteiger partial charge in [0, 0.05) is 19.3 Å². The fraction of sp³-hybridized carbons (Fsp3) is 0.625. The van der Waals surface area contributed by atoms with Crippen molar-refractivity contribution in [1.82, 2.24) is 5.32 Å². The van der Waals surface area contributed by atoms with E-state index >= 15 is 0 Å². The topological polar surface area (TPSA) is 30.5 Å². The van der Waals surface area contributed by atoms with Crippen molar-refractivity contribution in [3.05, 3.63) is 29.3 Å². The Labute approximate surface area is 116 Å². The van der Waals surface area contributed by atoms with E-state index in [-0.39, 0.29) is 0 Å². The number of nitrogens with one attached hydrogen (secondary N) is 1. The molecule has 106 valence electrons. The molecule has 1 saturated heterocycles. The maximum absolute atomic E-state index is 5.43. The van der Waals surface area contributed by atoms with Crippen LogP contribution in [0.25, 0.3) is 0 Å². The molecule has 3 nitrogen and oxygen atoms in total. The van der Waals surface area contributed by atoms with Gasteiger partial charge >= 0.3 is 0 Å². The smallest absolute Gasteiger partial charge is 0.121 e. The fourth-order valence-corrected chi connectivity index (χ4v) is 2.85. The average Bonchev–Trinajstić information content (AvgIpc) is 2.46. The minimum Gasteiger partial charge on any atom is -0.496 e. The molecule has 1 aromatic carbocycles. The van der Waals surface area contributed by atoms with E-state index in [4.69, 9.17) is 9.47 Å². The van der Waals surface area contributed by atoms with Crippen molar-refractivity contribution < 1.29 is 9.47 Å². The third-order valence-corrected chi connectivity index (χ3v) is 4.08.